The van der Waals surface area contributed by atoms with Crippen molar-refractivity contribution in [2.45, 2.75) is 45.4 Å². The van der Waals surface area contributed by atoms with Gasteiger partial charge in [0.1, 0.15) is 0 Å². The first kappa shape index (κ1) is 12.8. The maximum absolute atomic E-state index is 6.28. The summed E-state index contributed by atoms with van der Waals surface area (Å²) in [5.74, 6) is 0. The fraction of sp³-hybridized carbons (Fsp3) is 0.636. The Bertz CT molecular complexity index is 304. The Balaban J connectivity index is 2.86. The lowest BCUT2D eigenvalue weighted by Crippen LogP contribution is -2.16. The van der Waals surface area contributed by atoms with Crippen molar-refractivity contribution in [1.82, 2.24) is 0 Å². The number of halogens is 2. The van der Waals surface area contributed by atoms with Gasteiger partial charge in [-0.2, -0.15) is 0 Å². The summed E-state index contributed by atoms with van der Waals surface area (Å²) in [7, 11) is 0. The number of thiophene rings is 1. The van der Waals surface area contributed by atoms with Gasteiger partial charge in [-0.25, -0.2) is 0 Å². The molecule has 1 aromatic heterocycles. The first-order chi connectivity index (χ1) is 6.49. The molecule has 0 unspecified atom stereocenters. The molecule has 0 nitrogen and oxygen atoms in total. The van der Waals surface area contributed by atoms with Gasteiger partial charge in [-0.05, 0) is 45.4 Å². The Hall–Kier alpha value is 0.720. The molecular formula is C11H16ClIS. The van der Waals surface area contributed by atoms with Crippen LogP contribution in [-0.2, 0) is 5.41 Å². The number of hydrogen-bond acceptors (Lipinski definition) is 1. The van der Waals surface area contributed by atoms with Crippen molar-refractivity contribution in [3.63, 3.8) is 0 Å². The Morgan fingerprint density at radius 2 is 2.14 bits per heavy atom. The monoisotopic (exact) mass is 342 g/mol. The second-order valence-corrected chi connectivity index (χ2v) is 7.29. The third-order valence-electron chi connectivity index (χ3n) is 2.57. The Labute approximate surface area is 109 Å². The summed E-state index contributed by atoms with van der Waals surface area (Å²) in [6.07, 6.45) is 3.74. The zero-order valence-electron chi connectivity index (χ0n) is 8.86. The van der Waals surface area contributed by atoms with Gasteiger partial charge in [0, 0.05) is 0 Å². The molecule has 0 fully saturated rings. The van der Waals surface area contributed by atoms with Gasteiger partial charge in [-0.1, -0.05) is 45.2 Å². The lowest BCUT2D eigenvalue weighted by atomic mass is 9.82. The molecule has 0 radical (unpaired) electrons. The zero-order chi connectivity index (χ0) is 10.8. The molecule has 0 spiro atoms. The van der Waals surface area contributed by atoms with Crippen LogP contribution in [0.3, 0.4) is 0 Å². The van der Waals surface area contributed by atoms with Gasteiger partial charge in [0.25, 0.3) is 0 Å². The van der Waals surface area contributed by atoms with E-state index < -0.39 is 0 Å². The summed E-state index contributed by atoms with van der Waals surface area (Å²) in [5, 5.41) is 3.18. The van der Waals surface area contributed by atoms with Crippen molar-refractivity contribution in [2.75, 3.05) is 0 Å². The van der Waals surface area contributed by atoms with Crippen LogP contribution >= 0.6 is 45.5 Å². The Kier molecular flexibility index (Phi) is 4.72. The van der Waals surface area contributed by atoms with E-state index in [1.807, 2.05) is 0 Å². The number of unbranched alkanes of at least 4 members (excludes halogenated alkanes) is 1. The zero-order valence-corrected chi connectivity index (χ0v) is 12.6. The van der Waals surface area contributed by atoms with E-state index in [4.69, 9.17) is 11.6 Å². The van der Waals surface area contributed by atoms with Crippen LogP contribution in [0.25, 0.3) is 0 Å². The van der Waals surface area contributed by atoms with E-state index in [2.05, 4.69) is 48.7 Å². The highest BCUT2D eigenvalue weighted by molar-refractivity contribution is 14.1. The van der Waals surface area contributed by atoms with E-state index in [0.717, 1.165) is 5.02 Å². The van der Waals surface area contributed by atoms with Crippen molar-refractivity contribution in [3.8, 4) is 0 Å². The van der Waals surface area contributed by atoms with E-state index in [1.54, 1.807) is 11.3 Å². The highest BCUT2D eigenvalue weighted by Gasteiger charge is 2.24. The summed E-state index contributed by atoms with van der Waals surface area (Å²) in [6.45, 7) is 6.80. The van der Waals surface area contributed by atoms with Gasteiger partial charge in [0.05, 0.1) is 7.91 Å². The lowest BCUT2D eigenvalue weighted by molar-refractivity contribution is 0.459. The average molecular weight is 343 g/mol. The van der Waals surface area contributed by atoms with Crippen LogP contribution in [0.5, 0.6) is 0 Å². The van der Waals surface area contributed by atoms with Gasteiger partial charge in [-0.15, -0.1) is 11.3 Å². The van der Waals surface area contributed by atoms with Crippen molar-refractivity contribution < 1.29 is 0 Å². The quantitative estimate of drug-likeness (QED) is 0.636. The second kappa shape index (κ2) is 5.17. The molecule has 0 aliphatic rings. The molecule has 3 heteroatoms. The van der Waals surface area contributed by atoms with E-state index in [0.29, 0.717) is 0 Å². The van der Waals surface area contributed by atoms with Crippen molar-refractivity contribution >= 4 is 45.5 Å². The Morgan fingerprint density at radius 1 is 1.50 bits per heavy atom. The SMILES string of the molecule is CCCCC(C)(C)c1csc(I)c1Cl. The normalized spacial score (nSPS) is 12.1. The van der Waals surface area contributed by atoms with E-state index in [-0.39, 0.29) is 5.41 Å². The highest BCUT2D eigenvalue weighted by Crippen LogP contribution is 2.39. The summed E-state index contributed by atoms with van der Waals surface area (Å²) in [6, 6.07) is 0. The third kappa shape index (κ3) is 2.86. The van der Waals surface area contributed by atoms with Crippen LogP contribution in [0, 0.1) is 2.88 Å². The molecule has 0 atom stereocenters. The van der Waals surface area contributed by atoms with Gasteiger partial charge in [0.2, 0.25) is 0 Å². The first-order valence-corrected chi connectivity index (χ1v) is 7.25. The maximum atomic E-state index is 6.28. The molecule has 0 bridgehead atoms. The van der Waals surface area contributed by atoms with Crippen LogP contribution in [-0.4, -0.2) is 0 Å². The molecule has 0 saturated heterocycles. The van der Waals surface area contributed by atoms with Crippen molar-refractivity contribution in [1.29, 1.82) is 0 Å². The van der Waals surface area contributed by atoms with Gasteiger partial charge >= 0.3 is 0 Å². The van der Waals surface area contributed by atoms with Crippen molar-refractivity contribution in [3.05, 3.63) is 18.9 Å². The molecule has 0 saturated carbocycles. The predicted octanol–water partition coefficient (Wildman–Crippen LogP) is 5.47. The minimum absolute atomic E-state index is 0.229. The topological polar surface area (TPSA) is 0 Å². The smallest absolute Gasteiger partial charge is 0.0842 e. The molecular weight excluding hydrogens is 327 g/mol. The van der Waals surface area contributed by atoms with Gasteiger partial charge in [0.15, 0.2) is 0 Å². The molecule has 0 N–H and O–H groups in total. The van der Waals surface area contributed by atoms with Crippen molar-refractivity contribution in [2.24, 2.45) is 0 Å². The van der Waals surface area contributed by atoms with Crippen LogP contribution in [0.4, 0.5) is 0 Å². The molecule has 1 rings (SSSR count). The number of hydrogen-bond donors (Lipinski definition) is 0. The van der Waals surface area contributed by atoms with Crippen LogP contribution in [0.1, 0.15) is 45.6 Å². The molecule has 0 amide bonds. The lowest BCUT2D eigenvalue weighted by Gasteiger charge is -2.24. The average Bonchev–Trinajstić information content (AvgIpc) is 2.45. The second-order valence-electron chi connectivity index (χ2n) is 4.22. The molecule has 0 aromatic carbocycles. The standard InChI is InChI=1S/C11H16ClIS/c1-4-5-6-11(2,3)8-7-14-10(13)9(8)12/h7H,4-6H2,1-3H3. The number of rotatable bonds is 4. The molecule has 80 valence electrons. The maximum Gasteiger partial charge on any atom is 0.0842 e. The van der Waals surface area contributed by atoms with Crippen LogP contribution in [0.15, 0.2) is 5.38 Å². The van der Waals surface area contributed by atoms with Gasteiger partial charge < -0.3 is 0 Å². The van der Waals surface area contributed by atoms with Crippen LogP contribution in [0.2, 0.25) is 5.02 Å². The Morgan fingerprint density at radius 3 is 2.57 bits per heavy atom. The summed E-state index contributed by atoms with van der Waals surface area (Å²) in [4.78, 5) is 0. The molecule has 0 aliphatic heterocycles. The molecule has 1 heterocycles. The largest absolute Gasteiger partial charge is 0.136 e. The fourth-order valence-corrected chi connectivity index (χ4v) is 3.58. The van der Waals surface area contributed by atoms with E-state index in [9.17, 15) is 0 Å². The third-order valence-corrected chi connectivity index (χ3v) is 5.46. The summed E-state index contributed by atoms with van der Waals surface area (Å²) >= 11 is 10.3. The summed E-state index contributed by atoms with van der Waals surface area (Å²) < 4.78 is 1.21. The van der Waals surface area contributed by atoms with E-state index in [1.165, 1.54) is 27.7 Å². The molecule has 1 aromatic rings. The van der Waals surface area contributed by atoms with Crippen LogP contribution < -0.4 is 0 Å². The molecule has 0 aliphatic carbocycles. The molecule has 14 heavy (non-hydrogen) atoms. The summed E-state index contributed by atoms with van der Waals surface area (Å²) in [5.41, 5.74) is 1.55. The first-order valence-electron chi connectivity index (χ1n) is 4.92. The minimum Gasteiger partial charge on any atom is -0.136 e. The fourth-order valence-electron chi connectivity index (χ4n) is 1.53. The van der Waals surface area contributed by atoms with E-state index >= 15 is 0 Å². The highest BCUT2D eigenvalue weighted by atomic mass is 127. The minimum atomic E-state index is 0.229. The predicted molar refractivity (Wildman–Crippen MR) is 74.6 cm³/mol. The van der Waals surface area contributed by atoms with Gasteiger partial charge in [-0.3, -0.25) is 0 Å².